The Balaban J connectivity index is 1.72. The van der Waals surface area contributed by atoms with E-state index in [-0.39, 0.29) is 18.6 Å². The van der Waals surface area contributed by atoms with E-state index in [2.05, 4.69) is 31.6 Å². The van der Waals surface area contributed by atoms with Gasteiger partial charge >= 0.3 is 0 Å². The van der Waals surface area contributed by atoms with Gasteiger partial charge in [0.2, 0.25) is 0 Å². The zero-order valence-electron chi connectivity index (χ0n) is 17.8. The summed E-state index contributed by atoms with van der Waals surface area (Å²) >= 11 is 0. The summed E-state index contributed by atoms with van der Waals surface area (Å²) in [5, 5.41) is 0. The molecule has 0 saturated carbocycles. The molecule has 2 N–H and O–H groups in total. The number of carbonyl (C=O) groups excluding carboxylic acids is 2. The lowest BCUT2D eigenvalue weighted by atomic mass is 9.82. The molecule has 0 heterocycles. The van der Waals surface area contributed by atoms with Gasteiger partial charge in [0, 0.05) is 0 Å². The smallest absolute Gasteiger partial charge is 0.276 e. The van der Waals surface area contributed by atoms with Crippen LogP contribution in [-0.2, 0) is 15.0 Å². The van der Waals surface area contributed by atoms with Gasteiger partial charge in [0.05, 0.1) is 0 Å². The number of benzene rings is 2. The quantitative estimate of drug-likeness (QED) is 0.666. The Kier molecular flexibility index (Phi) is 7.65. The number of hydrogen-bond acceptors (Lipinski definition) is 4. The molecule has 0 radical (unpaired) electrons. The van der Waals surface area contributed by atoms with Crippen molar-refractivity contribution < 1.29 is 19.1 Å². The monoisotopic (exact) mass is 398 g/mol. The van der Waals surface area contributed by atoms with Gasteiger partial charge in [0.1, 0.15) is 11.5 Å². The number of aryl methyl sites for hydroxylation is 2. The lowest BCUT2D eigenvalue weighted by Crippen LogP contribution is -2.45. The minimum Gasteiger partial charge on any atom is -0.484 e. The number of amides is 2. The average molecular weight is 399 g/mol. The van der Waals surface area contributed by atoms with E-state index in [1.54, 1.807) is 0 Å². The van der Waals surface area contributed by atoms with Crippen molar-refractivity contribution in [1.82, 2.24) is 10.9 Å². The van der Waals surface area contributed by atoms with Crippen LogP contribution in [0.15, 0.2) is 42.5 Å². The van der Waals surface area contributed by atoms with Crippen molar-refractivity contribution in [2.75, 3.05) is 13.2 Å². The molecule has 0 aliphatic heterocycles. The van der Waals surface area contributed by atoms with Crippen LogP contribution in [-0.4, -0.2) is 25.0 Å². The molecule has 0 bridgehead atoms. The third kappa shape index (κ3) is 6.82. The van der Waals surface area contributed by atoms with E-state index >= 15 is 0 Å². The maximum atomic E-state index is 11.9. The van der Waals surface area contributed by atoms with Gasteiger partial charge in [-0.15, -0.1) is 0 Å². The van der Waals surface area contributed by atoms with Crippen molar-refractivity contribution in [2.45, 2.75) is 46.5 Å². The Bertz CT molecular complexity index is 844. The van der Waals surface area contributed by atoms with Crippen molar-refractivity contribution in [2.24, 2.45) is 0 Å². The second-order valence-corrected chi connectivity index (χ2v) is 7.70. The molecule has 0 fully saturated rings. The maximum Gasteiger partial charge on any atom is 0.276 e. The SMILES string of the molecule is CCC(C)(C)c1ccc(OCC(=O)NNC(=O)COc2ccc(C)cc2C)cc1. The van der Waals surface area contributed by atoms with E-state index in [9.17, 15) is 9.59 Å². The number of carbonyl (C=O) groups is 2. The molecule has 2 amide bonds. The van der Waals surface area contributed by atoms with Crippen LogP contribution in [0.5, 0.6) is 11.5 Å². The van der Waals surface area contributed by atoms with Crippen LogP contribution >= 0.6 is 0 Å². The van der Waals surface area contributed by atoms with Crippen LogP contribution in [0.25, 0.3) is 0 Å². The summed E-state index contributed by atoms with van der Waals surface area (Å²) in [5.41, 5.74) is 8.01. The number of hydrogen-bond donors (Lipinski definition) is 2. The minimum absolute atomic E-state index is 0.0966. The highest BCUT2D eigenvalue weighted by atomic mass is 16.5. The van der Waals surface area contributed by atoms with E-state index in [0.29, 0.717) is 11.5 Å². The van der Waals surface area contributed by atoms with Gasteiger partial charge in [-0.2, -0.15) is 0 Å². The molecule has 2 aromatic carbocycles. The summed E-state index contributed by atoms with van der Waals surface area (Å²) in [7, 11) is 0. The van der Waals surface area contributed by atoms with Crippen molar-refractivity contribution in [1.29, 1.82) is 0 Å². The number of ether oxygens (including phenoxy) is 2. The summed E-state index contributed by atoms with van der Waals surface area (Å²) < 4.78 is 10.9. The molecule has 0 spiro atoms. The maximum absolute atomic E-state index is 11.9. The first kappa shape index (κ1) is 22.3. The molecule has 0 atom stereocenters. The van der Waals surface area contributed by atoms with Gasteiger partial charge in [-0.1, -0.05) is 50.6 Å². The predicted molar refractivity (Wildman–Crippen MR) is 113 cm³/mol. The van der Waals surface area contributed by atoms with Crippen LogP contribution in [0.2, 0.25) is 0 Å². The van der Waals surface area contributed by atoms with Gasteiger partial charge in [0.15, 0.2) is 13.2 Å². The molecule has 6 nitrogen and oxygen atoms in total. The first-order chi connectivity index (χ1) is 13.7. The van der Waals surface area contributed by atoms with Gasteiger partial charge < -0.3 is 9.47 Å². The lowest BCUT2D eigenvalue weighted by molar-refractivity contribution is -0.131. The zero-order valence-corrected chi connectivity index (χ0v) is 17.8. The van der Waals surface area contributed by atoms with E-state index in [1.165, 1.54) is 5.56 Å². The van der Waals surface area contributed by atoms with Crippen LogP contribution in [0.4, 0.5) is 0 Å². The van der Waals surface area contributed by atoms with Gasteiger partial charge in [-0.3, -0.25) is 20.4 Å². The van der Waals surface area contributed by atoms with Crippen LogP contribution in [0.1, 0.15) is 43.9 Å². The third-order valence-corrected chi connectivity index (χ3v) is 4.92. The molecular weight excluding hydrogens is 368 g/mol. The van der Waals surface area contributed by atoms with E-state index in [4.69, 9.17) is 9.47 Å². The van der Waals surface area contributed by atoms with E-state index < -0.39 is 11.8 Å². The Morgan fingerprint density at radius 3 is 2.03 bits per heavy atom. The molecule has 0 aromatic heterocycles. The van der Waals surface area contributed by atoms with Crippen molar-refractivity contribution in [3.05, 3.63) is 59.2 Å². The van der Waals surface area contributed by atoms with Gasteiger partial charge in [0.25, 0.3) is 11.8 Å². The fourth-order valence-corrected chi connectivity index (χ4v) is 2.67. The zero-order chi connectivity index (χ0) is 21.4. The first-order valence-electron chi connectivity index (χ1n) is 9.72. The standard InChI is InChI=1S/C23H30N2O4/c1-6-23(4,5)18-8-10-19(11-9-18)28-14-21(26)24-25-22(27)15-29-20-12-7-16(2)13-17(20)3/h7-13H,6,14-15H2,1-5H3,(H,24,26)(H,25,27). The van der Waals surface area contributed by atoms with Crippen LogP contribution in [0, 0.1) is 13.8 Å². The largest absolute Gasteiger partial charge is 0.484 e. The van der Waals surface area contributed by atoms with Gasteiger partial charge in [-0.05, 0) is 55.0 Å². The summed E-state index contributed by atoms with van der Waals surface area (Å²) in [5.74, 6) is 0.322. The minimum atomic E-state index is -0.456. The van der Waals surface area contributed by atoms with Crippen LogP contribution < -0.4 is 20.3 Å². The Labute approximate surface area is 172 Å². The highest BCUT2D eigenvalue weighted by Gasteiger charge is 2.17. The van der Waals surface area contributed by atoms with Crippen molar-refractivity contribution in [3.8, 4) is 11.5 Å². The lowest BCUT2D eigenvalue weighted by Gasteiger charge is -2.23. The van der Waals surface area contributed by atoms with E-state index in [1.807, 2.05) is 56.3 Å². The van der Waals surface area contributed by atoms with Crippen molar-refractivity contribution in [3.63, 3.8) is 0 Å². The number of nitrogens with one attached hydrogen (secondary N) is 2. The molecule has 0 aliphatic rings. The molecule has 0 aliphatic carbocycles. The van der Waals surface area contributed by atoms with Crippen LogP contribution in [0.3, 0.4) is 0 Å². The molecule has 29 heavy (non-hydrogen) atoms. The summed E-state index contributed by atoms with van der Waals surface area (Å²) in [6.45, 7) is 10.0. The first-order valence-corrected chi connectivity index (χ1v) is 9.72. The second kappa shape index (κ2) is 9.96. The second-order valence-electron chi connectivity index (χ2n) is 7.70. The Hall–Kier alpha value is -3.02. The summed E-state index contributed by atoms with van der Waals surface area (Å²) in [6, 6.07) is 13.4. The molecule has 2 rings (SSSR count). The summed E-state index contributed by atoms with van der Waals surface area (Å²) in [4.78, 5) is 23.7. The highest BCUT2D eigenvalue weighted by Crippen LogP contribution is 2.28. The molecule has 0 saturated heterocycles. The molecule has 2 aromatic rings. The fourth-order valence-electron chi connectivity index (χ4n) is 2.67. The normalized spacial score (nSPS) is 10.9. The number of rotatable bonds is 8. The third-order valence-electron chi connectivity index (χ3n) is 4.92. The van der Waals surface area contributed by atoms with Crippen molar-refractivity contribution >= 4 is 11.8 Å². The van der Waals surface area contributed by atoms with Gasteiger partial charge in [-0.25, -0.2) is 0 Å². The number of hydrazine groups is 1. The molecule has 0 unspecified atom stereocenters. The highest BCUT2D eigenvalue weighted by molar-refractivity contribution is 5.83. The topological polar surface area (TPSA) is 76.7 Å². The molecular formula is C23H30N2O4. The Morgan fingerprint density at radius 1 is 0.897 bits per heavy atom. The predicted octanol–water partition coefficient (Wildman–Crippen LogP) is 3.60. The summed E-state index contributed by atoms with van der Waals surface area (Å²) in [6.07, 6.45) is 1.03. The molecule has 156 valence electrons. The fraction of sp³-hybridized carbons (Fsp3) is 0.391. The van der Waals surface area contributed by atoms with E-state index in [0.717, 1.165) is 17.5 Å². The average Bonchev–Trinajstić information content (AvgIpc) is 2.70. The molecule has 6 heteroatoms. The Morgan fingerprint density at radius 2 is 1.48 bits per heavy atom.